The fourth-order valence-electron chi connectivity index (χ4n) is 4.10. The molecule has 0 unspecified atom stereocenters. The largest absolute Gasteiger partial charge is 0.363 e. The SMILES string of the molecule is CC(C)(C)NS(=O)(=O)/C=C/c1cncc(-c2nc(NCc3ccccn3)c3c(-c4ccccc4)ccn3n2)c1. The second-order valence-corrected chi connectivity index (χ2v) is 11.6. The molecule has 198 valence electrons. The molecular weight excluding hydrogens is 510 g/mol. The van der Waals surface area contributed by atoms with Gasteiger partial charge in [-0.05, 0) is 62.2 Å². The molecule has 0 radical (unpaired) electrons. The number of aromatic nitrogens is 5. The predicted molar refractivity (Wildman–Crippen MR) is 154 cm³/mol. The number of nitrogens with zero attached hydrogens (tertiary/aromatic N) is 5. The Kier molecular flexibility index (Phi) is 7.23. The van der Waals surface area contributed by atoms with E-state index in [9.17, 15) is 8.42 Å². The fraction of sp³-hybridized carbons (Fsp3) is 0.172. The number of rotatable bonds is 8. The van der Waals surface area contributed by atoms with Crippen molar-refractivity contribution in [2.75, 3.05) is 5.32 Å². The summed E-state index contributed by atoms with van der Waals surface area (Å²) in [4.78, 5) is 13.6. The molecule has 0 saturated carbocycles. The Morgan fingerprint density at radius 2 is 1.77 bits per heavy atom. The molecule has 1 aromatic carbocycles. The topological polar surface area (TPSA) is 114 Å². The first-order chi connectivity index (χ1) is 18.7. The molecule has 4 aromatic heterocycles. The van der Waals surface area contributed by atoms with Crippen LogP contribution in [-0.4, -0.2) is 38.5 Å². The van der Waals surface area contributed by atoms with Gasteiger partial charge in [0.1, 0.15) is 5.52 Å². The monoisotopic (exact) mass is 539 g/mol. The van der Waals surface area contributed by atoms with Crippen molar-refractivity contribution < 1.29 is 8.42 Å². The first-order valence-corrected chi connectivity index (χ1v) is 14.0. The highest BCUT2D eigenvalue weighted by molar-refractivity contribution is 7.92. The van der Waals surface area contributed by atoms with Crippen LogP contribution < -0.4 is 10.0 Å². The zero-order chi connectivity index (χ0) is 27.5. The van der Waals surface area contributed by atoms with Crippen LogP contribution in [0.4, 0.5) is 5.82 Å². The molecule has 0 amide bonds. The Morgan fingerprint density at radius 3 is 2.51 bits per heavy atom. The maximum atomic E-state index is 12.4. The Labute approximate surface area is 227 Å². The summed E-state index contributed by atoms with van der Waals surface area (Å²) in [5.41, 5.74) is 4.44. The number of hydrogen-bond acceptors (Lipinski definition) is 7. The van der Waals surface area contributed by atoms with E-state index in [1.165, 1.54) is 6.08 Å². The summed E-state index contributed by atoms with van der Waals surface area (Å²) in [6.45, 7) is 5.85. The standard InChI is InChI=1S/C29H29N7O2S/c1-29(2,3)35-39(37,38)16-13-21-17-23(19-30-18-21)27-33-28(32-20-24-11-7-8-14-31-24)26-25(12-15-36(26)34-27)22-9-5-4-6-10-22/h4-19,35H,20H2,1-3H3,(H,32,33,34)/b16-13+. The highest BCUT2D eigenvalue weighted by Crippen LogP contribution is 2.31. The molecular formula is C29H29N7O2S. The number of fused-ring (bicyclic) bond motifs is 1. The van der Waals surface area contributed by atoms with E-state index in [4.69, 9.17) is 10.1 Å². The predicted octanol–water partition coefficient (Wildman–Crippen LogP) is 5.15. The van der Waals surface area contributed by atoms with Crippen LogP contribution in [0.5, 0.6) is 0 Å². The van der Waals surface area contributed by atoms with E-state index in [-0.39, 0.29) is 0 Å². The third kappa shape index (κ3) is 6.54. The molecule has 5 rings (SSSR count). The van der Waals surface area contributed by atoms with Gasteiger partial charge >= 0.3 is 0 Å². The minimum absolute atomic E-state index is 0.444. The third-order valence-electron chi connectivity index (χ3n) is 5.66. The van der Waals surface area contributed by atoms with Gasteiger partial charge in [-0.2, -0.15) is 0 Å². The highest BCUT2D eigenvalue weighted by atomic mass is 32.2. The van der Waals surface area contributed by atoms with Crippen molar-refractivity contribution in [3.05, 3.63) is 102 Å². The van der Waals surface area contributed by atoms with Gasteiger partial charge < -0.3 is 5.32 Å². The molecule has 10 heteroatoms. The molecule has 0 spiro atoms. The van der Waals surface area contributed by atoms with Crippen molar-refractivity contribution in [2.45, 2.75) is 32.9 Å². The normalized spacial score (nSPS) is 12.3. The third-order valence-corrected chi connectivity index (χ3v) is 7.06. The number of anilines is 1. The van der Waals surface area contributed by atoms with Gasteiger partial charge in [-0.15, -0.1) is 5.10 Å². The van der Waals surface area contributed by atoms with E-state index in [1.54, 1.807) is 49.9 Å². The van der Waals surface area contributed by atoms with Crippen molar-refractivity contribution in [1.82, 2.24) is 29.3 Å². The van der Waals surface area contributed by atoms with Crippen LogP contribution in [-0.2, 0) is 16.6 Å². The summed E-state index contributed by atoms with van der Waals surface area (Å²) in [7, 11) is -3.62. The van der Waals surface area contributed by atoms with E-state index < -0.39 is 15.6 Å². The smallest absolute Gasteiger partial charge is 0.234 e. The minimum Gasteiger partial charge on any atom is -0.363 e. The van der Waals surface area contributed by atoms with Crippen molar-refractivity contribution in [2.24, 2.45) is 0 Å². The molecule has 0 aliphatic heterocycles. The summed E-state index contributed by atoms with van der Waals surface area (Å²) in [6.07, 6.45) is 8.41. The summed E-state index contributed by atoms with van der Waals surface area (Å²) in [5.74, 6) is 1.09. The molecule has 0 saturated heterocycles. The van der Waals surface area contributed by atoms with Gasteiger partial charge in [0, 0.05) is 46.9 Å². The van der Waals surface area contributed by atoms with E-state index >= 15 is 0 Å². The summed E-state index contributed by atoms with van der Waals surface area (Å²) >= 11 is 0. The Bertz CT molecular complexity index is 1730. The zero-order valence-corrected chi connectivity index (χ0v) is 22.7. The number of sulfonamides is 1. The molecule has 0 aliphatic rings. The van der Waals surface area contributed by atoms with Crippen LogP contribution in [0.25, 0.3) is 34.1 Å². The quantitative estimate of drug-likeness (QED) is 0.280. The van der Waals surface area contributed by atoms with Crippen molar-refractivity contribution in [1.29, 1.82) is 0 Å². The molecule has 4 heterocycles. The molecule has 0 aliphatic carbocycles. The van der Waals surface area contributed by atoms with Gasteiger partial charge in [0.15, 0.2) is 11.6 Å². The van der Waals surface area contributed by atoms with Crippen molar-refractivity contribution >= 4 is 27.4 Å². The van der Waals surface area contributed by atoms with Gasteiger partial charge in [0.05, 0.1) is 12.2 Å². The van der Waals surface area contributed by atoms with Gasteiger partial charge in [-0.3, -0.25) is 9.97 Å². The molecule has 5 aromatic rings. The van der Waals surface area contributed by atoms with Gasteiger partial charge in [-0.1, -0.05) is 36.4 Å². The average Bonchev–Trinajstić information content (AvgIpc) is 3.35. The van der Waals surface area contributed by atoms with E-state index in [2.05, 4.69) is 20.0 Å². The van der Waals surface area contributed by atoms with Gasteiger partial charge in [-0.25, -0.2) is 22.6 Å². The van der Waals surface area contributed by atoms with Gasteiger partial charge in [0.2, 0.25) is 10.0 Å². The molecule has 0 bridgehead atoms. The lowest BCUT2D eigenvalue weighted by molar-refractivity contribution is 0.497. The van der Waals surface area contributed by atoms with E-state index in [1.807, 2.05) is 60.8 Å². The lowest BCUT2D eigenvalue weighted by Gasteiger charge is -2.18. The highest BCUT2D eigenvalue weighted by Gasteiger charge is 2.18. The maximum absolute atomic E-state index is 12.4. The summed E-state index contributed by atoms with van der Waals surface area (Å²) in [6, 6.07) is 19.7. The molecule has 39 heavy (non-hydrogen) atoms. The molecule has 0 atom stereocenters. The Morgan fingerprint density at radius 1 is 0.974 bits per heavy atom. The number of nitrogens with one attached hydrogen (secondary N) is 2. The van der Waals surface area contributed by atoms with Crippen LogP contribution in [0.3, 0.4) is 0 Å². The second kappa shape index (κ2) is 10.8. The zero-order valence-electron chi connectivity index (χ0n) is 21.9. The fourth-order valence-corrected chi connectivity index (χ4v) is 5.36. The average molecular weight is 540 g/mol. The number of benzene rings is 1. The lowest BCUT2D eigenvalue weighted by atomic mass is 10.1. The first kappa shape index (κ1) is 26.2. The van der Waals surface area contributed by atoms with Gasteiger partial charge in [0.25, 0.3) is 0 Å². The Balaban J connectivity index is 1.54. The molecule has 0 fully saturated rings. The maximum Gasteiger partial charge on any atom is 0.234 e. The Hall–Kier alpha value is -4.41. The summed E-state index contributed by atoms with van der Waals surface area (Å²) in [5, 5.41) is 9.34. The number of hydrogen-bond donors (Lipinski definition) is 2. The molecule has 2 N–H and O–H groups in total. The van der Waals surface area contributed by atoms with Crippen LogP contribution >= 0.6 is 0 Å². The van der Waals surface area contributed by atoms with Crippen LogP contribution in [0.1, 0.15) is 32.0 Å². The van der Waals surface area contributed by atoms with Crippen LogP contribution in [0, 0.1) is 0 Å². The van der Waals surface area contributed by atoms with Crippen LogP contribution in [0.2, 0.25) is 0 Å². The first-order valence-electron chi connectivity index (χ1n) is 12.4. The minimum atomic E-state index is -3.62. The van der Waals surface area contributed by atoms with Crippen molar-refractivity contribution in [3.8, 4) is 22.5 Å². The van der Waals surface area contributed by atoms with E-state index in [0.717, 1.165) is 27.7 Å². The molecule has 9 nitrogen and oxygen atoms in total. The van der Waals surface area contributed by atoms with E-state index in [0.29, 0.717) is 29.3 Å². The lowest BCUT2D eigenvalue weighted by Crippen LogP contribution is -2.39. The van der Waals surface area contributed by atoms with Crippen molar-refractivity contribution in [3.63, 3.8) is 0 Å². The second-order valence-electron chi connectivity index (χ2n) is 10.1. The number of pyridine rings is 2. The summed E-state index contributed by atoms with van der Waals surface area (Å²) < 4.78 is 29.2. The van der Waals surface area contributed by atoms with Crippen LogP contribution in [0.15, 0.2) is 90.9 Å².